The van der Waals surface area contributed by atoms with Gasteiger partial charge in [-0.2, -0.15) is 0 Å². The van der Waals surface area contributed by atoms with Crippen LogP contribution in [0.3, 0.4) is 0 Å². The first-order valence-corrected chi connectivity index (χ1v) is 6.20. The van der Waals surface area contributed by atoms with E-state index in [2.05, 4.69) is 10.6 Å². The fourth-order valence-electron chi connectivity index (χ4n) is 1.80. The Balaban J connectivity index is 2.32. The van der Waals surface area contributed by atoms with Crippen molar-refractivity contribution in [3.8, 4) is 0 Å². The average Bonchev–Trinajstić information content (AvgIpc) is 2.40. The number of carbonyl (C=O) groups excluding carboxylic acids is 1. The van der Waals surface area contributed by atoms with Crippen molar-refractivity contribution in [2.24, 2.45) is 0 Å². The molecule has 19 heavy (non-hydrogen) atoms. The molecule has 2 aromatic carbocycles. The monoisotopic (exact) mass is 255 g/mol. The standard InChI is InChI=1S/C15H17N3O/c1-2-17-15(19)13-9-8-11(16)10-14(13)18-12-6-4-3-5-7-12/h3-10,18H,2,16H2,1H3,(H,17,19). The van der Waals surface area contributed by atoms with E-state index in [1.165, 1.54) is 0 Å². The molecule has 0 unspecified atom stereocenters. The molecule has 0 bridgehead atoms. The number of nitrogen functional groups attached to an aromatic ring is 1. The van der Waals surface area contributed by atoms with Crippen LogP contribution in [0.1, 0.15) is 17.3 Å². The van der Waals surface area contributed by atoms with E-state index in [-0.39, 0.29) is 5.91 Å². The molecule has 0 aliphatic rings. The summed E-state index contributed by atoms with van der Waals surface area (Å²) in [5.74, 6) is -0.110. The summed E-state index contributed by atoms with van der Waals surface area (Å²) in [5, 5.41) is 6.00. The first-order valence-electron chi connectivity index (χ1n) is 6.20. The highest BCUT2D eigenvalue weighted by atomic mass is 16.1. The Kier molecular flexibility index (Phi) is 4.03. The normalized spacial score (nSPS) is 9.95. The van der Waals surface area contributed by atoms with Crippen molar-refractivity contribution in [3.05, 3.63) is 54.1 Å². The average molecular weight is 255 g/mol. The molecule has 0 spiro atoms. The topological polar surface area (TPSA) is 67.2 Å². The van der Waals surface area contributed by atoms with Crippen LogP contribution in [0.2, 0.25) is 0 Å². The van der Waals surface area contributed by atoms with Crippen molar-refractivity contribution in [1.29, 1.82) is 0 Å². The van der Waals surface area contributed by atoms with E-state index in [0.717, 1.165) is 5.69 Å². The van der Waals surface area contributed by atoms with E-state index in [4.69, 9.17) is 5.73 Å². The van der Waals surface area contributed by atoms with Crippen LogP contribution >= 0.6 is 0 Å². The molecule has 0 aliphatic carbocycles. The number of rotatable bonds is 4. The highest BCUT2D eigenvalue weighted by Crippen LogP contribution is 2.23. The smallest absolute Gasteiger partial charge is 0.253 e. The van der Waals surface area contributed by atoms with Crippen LogP contribution in [0, 0.1) is 0 Å². The third-order valence-electron chi connectivity index (χ3n) is 2.68. The summed E-state index contributed by atoms with van der Waals surface area (Å²) in [4.78, 5) is 12.0. The Morgan fingerprint density at radius 2 is 1.89 bits per heavy atom. The van der Waals surface area contributed by atoms with E-state index >= 15 is 0 Å². The summed E-state index contributed by atoms with van der Waals surface area (Å²) < 4.78 is 0. The predicted molar refractivity (Wildman–Crippen MR) is 78.6 cm³/mol. The summed E-state index contributed by atoms with van der Waals surface area (Å²) in [6.45, 7) is 2.48. The number of hydrogen-bond donors (Lipinski definition) is 3. The lowest BCUT2D eigenvalue weighted by atomic mass is 10.1. The molecule has 4 N–H and O–H groups in total. The van der Waals surface area contributed by atoms with Crippen LogP contribution < -0.4 is 16.4 Å². The number of nitrogens with two attached hydrogens (primary N) is 1. The number of carbonyl (C=O) groups is 1. The molecular formula is C15H17N3O. The zero-order chi connectivity index (χ0) is 13.7. The summed E-state index contributed by atoms with van der Waals surface area (Å²) in [6.07, 6.45) is 0. The van der Waals surface area contributed by atoms with Gasteiger partial charge in [0.05, 0.1) is 11.3 Å². The van der Waals surface area contributed by atoms with E-state index in [9.17, 15) is 4.79 Å². The van der Waals surface area contributed by atoms with Crippen molar-refractivity contribution >= 4 is 23.0 Å². The molecule has 4 heteroatoms. The molecule has 0 aromatic heterocycles. The zero-order valence-electron chi connectivity index (χ0n) is 10.8. The summed E-state index contributed by atoms with van der Waals surface area (Å²) >= 11 is 0. The minimum absolute atomic E-state index is 0.110. The van der Waals surface area contributed by atoms with Gasteiger partial charge in [0, 0.05) is 17.9 Å². The van der Waals surface area contributed by atoms with Gasteiger partial charge in [-0.1, -0.05) is 18.2 Å². The molecular weight excluding hydrogens is 238 g/mol. The van der Waals surface area contributed by atoms with Gasteiger partial charge in [0.1, 0.15) is 0 Å². The minimum Gasteiger partial charge on any atom is -0.399 e. The molecule has 0 heterocycles. The molecule has 0 atom stereocenters. The van der Waals surface area contributed by atoms with E-state index in [0.29, 0.717) is 23.5 Å². The van der Waals surface area contributed by atoms with Gasteiger partial charge in [-0.25, -0.2) is 0 Å². The van der Waals surface area contributed by atoms with Gasteiger partial charge >= 0.3 is 0 Å². The van der Waals surface area contributed by atoms with Gasteiger partial charge in [0.25, 0.3) is 5.91 Å². The number of benzene rings is 2. The van der Waals surface area contributed by atoms with Gasteiger partial charge in [-0.05, 0) is 37.3 Å². The lowest BCUT2D eigenvalue weighted by Crippen LogP contribution is -2.23. The maximum absolute atomic E-state index is 12.0. The number of para-hydroxylation sites is 1. The van der Waals surface area contributed by atoms with Crippen molar-refractivity contribution < 1.29 is 4.79 Å². The maximum Gasteiger partial charge on any atom is 0.253 e. The highest BCUT2D eigenvalue weighted by molar-refractivity contribution is 6.00. The van der Waals surface area contributed by atoms with Gasteiger partial charge in [0.2, 0.25) is 0 Å². The van der Waals surface area contributed by atoms with E-state index < -0.39 is 0 Å². The summed E-state index contributed by atoms with van der Waals surface area (Å²) in [5.41, 5.74) is 8.61. The fraction of sp³-hybridized carbons (Fsp3) is 0.133. The quantitative estimate of drug-likeness (QED) is 0.736. The molecule has 0 fully saturated rings. The van der Waals surface area contributed by atoms with Crippen molar-refractivity contribution in [2.75, 3.05) is 17.6 Å². The van der Waals surface area contributed by atoms with Crippen LogP contribution in [-0.4, -0.2) is 12.5 Å². The Morgan fingerprint density at radius 3 is 2.58 bits per heavy atom. The van der Waals surface area contributed by atoms with Crippen LogP contribution in [0.5, 0.6) is 0 Å². The third-order valence-corrected chi connectivity index (χ3v) is 2.68. The second-order valence-electron chi connectivity index (χ2n) is 4.16. The van der Waals surface area contributed by atoms with Crippen molar-refractivity contribution in [3.63, 3.8) is 0 Å². The molecule has 0 radical (unpaired) electrons. The number of anilines is 3. The van der Waals surface area contributed by atoms with Crippen LogP contribution in [0.15, 0.2) is 48.5 Å². The van der Waals surface area contributed by atoms with Crippen LogP contribution in [0.4, 0.5) is 17.1 Å². The molecule has 0 saturated heterocycles. The molecule has 1 amide bonds. The fourth-order valence-corrected chi connectivity index (χ4v) is 1.80. The summed E-state index contributed by atoms with van der Waals surface area (Å²) in [7, 11) is 0. The molecule has 0 saturated carbocycles. The van der Waals surface area contributed by atoms with Crippen molar-refractivity contribution in [2.45, 2.75) is 6.92 Å². The largest absolute Gasteiger partial charge is 0.399 e. The number of amides is 1. The molecule has 2 aromatic rings. The van der Waals surface area contributed by atoms with E-state index in [1.54, 1.807) is 18.2 Å². The summed E-state index contributed by atoms with van der Waals surface area (Å²) in [6, 6.07) is 14.9. The highest BCUT2D eigenvalue weighted by Gasteiger charge is 2.11. The molecule has 4 nitrogen and oxygen atoms in total. The zero-order valence-corrected chi connectivity index (χ0v) is 10.8. The number of hydrogen-bond acceptors (Lipinski definition) is 3. The Morgan fingerprint density at radius 1 is 1.16 bits per heavy atom. The number of nitrogens with one attached hydrogen (secondary N) is 2. The van der Waals surface area contributed by atoms with Gasteiger partial charge in [-0.3, -0.25) is 4.79 Å². The lowest BCUT2D eigenvalue weighted by molar-refractivity contribution is 0.0956. The minimum atomic E-state index is -0.110. The Hall–Kier alpha value is -2.49. The predicted octanol–water partition coefficient (Wildman–Crippen LogP) is 2.76. The second-order valence-corrected chi connectivity index (χ2v) is 4.16. The SMILES string of the molecule is CCNC(=O)c1ccc(N)cc1Nc1ccccc1. The van der Waals surface area contributed by atoms with Crippen LogP contribution in [0.25, 0.3) is 0 Å². The first-order chi connectivity index (χ1) is 9.20. The molecule has 2 rings (SSSR count). The van der Waals surface area contributed by atoms with Gasteiger partial charge < -0.3 is 16.4 Å². The van der Waals surface area contributed by atoms with Crippen LogP contribution in [-0.2, 0) is 0 Å². The van der Waals surface area contributed by atoms with Gasteiger partial charge in [-0.15, -0.1) is 0 Å². The second kappa shape index (κ2) is 5.91. The maximum atomic E-state index is 12.0. The Bertz CT molecular complexity index is 567. The van der Waals surface area contributed by atoms with Gasteiger partial charge in [0.15, 0.2) is 0 Å². The van der Waals surface area contributed by atoms with E-state index in [1.807, 2.05) is 37.3 Å². The van der Waals surface area contributed by atoms with Crippen molar-refractivity contribution in [1.82, 2.24) is 5.32 Å². The Labute approximate surface area is 112 Å². The lowest BCUT2D eigenvalue weighted by Gasteiger charge is -2.12. The first kappa shape index (κ1) is 13.0. The molecule has 98 valence electrons. The molecule has 0 aliphatic heterocycles. The third kappa shape index (κ3) is 3.25.